The molecule has 1 aromatic carbocycles. The van der Waals surface area contributed by atoms with E-state index in [0.29, 0.717) is 6.42 Å². The quantitative estimate of drug-likeness (QED) is 0.682. The summed E-state index contributed by atoms with van der Waals surface area (Å²) in [4.78, 5) is 0. The van der Waals surface area contributed by atoms with Crippen molar-refractivity contribution in [3.8, 4) is 0 Å². The fourth-order valence-corrected chi connectivity index (χ4v) is 1.56. The smallest absolute Gasteiger partial charge is 0.191 e. The molecule has 0 aliphatic rings. The van der Waals surface area contributed by atoms with Crippen LogP contribution in [0.1, 0.15) is 30.9 Å². The molecule has 5 heteroatoms. The first kappa shape index (κ1) is 13.9. The summed E-state index contributed by atoms with van der Waals surface area (Å²) in [6.45, 7) is 1.85. The summed E-state index contributed by atoms with van der Waals surface area (Å²) >= 11 is 0. The van der Waals surface area contributed by atoms with Crippen molar-refractivity contribution in [1.82, 2.24) is 0 Å². The van der Waals surface area contributed by atoms with Crippen LogP contribution in [-0.2, 0) is 12.3 Å². The van der Waals surface area contributed by atoms with Crippen LogP contribution in [0.5, 0.6) is 0 Å². The van der Waals surface area contributed by atoms with Crippen LogP contribution >= 0.6 is 0 Å². The van der Waals surface area contributed by atoms with Crippen LogP contribution in [0.25, 0.3) is 0 Å². The van der Waals surface area contributed by atoms with Crippen molar-refractivity contribution < 1.29 is 22.0 Å². The first-order valence-corrected chi connectivity index (χ1v) is 5.33. The molecule has 1 aromatic rings. The lowest BCUT2D eigenvalue weighted by molar-refractivity contribution is -0.289. The standard InChI is InChI=1S/C12H13F5/c1-2-3-6-9-7-4-5-8-10(9)11(13,14)12(15,16)17/h4-5,7-8H,2-3,6H2,1H3. The third kappa shape index (κ3) is 2.96. The maximum atomic E-state index is 13.2. The molecule has 0 N–H and O–H groups in total. The lowest BCUT2D eigenvalue weighted by Crippen LogP contribution is -2.34. The van der Waals surface area contributed by atoms with Crippen LogP contribution in [0, 0.1) is 0 Å². The van der Waals surface area contributed by atoms with Gasteiger partial charge in [-0.2, -0.15) is 22.0 Å². The maximum Gasteiger partial charge on any atom is 0.458 e. The molecule has 0 aliphatic heterocycles. The van der Waals surface area contributed by atoms with Crippen LogP contribution in [0.4, 0.5) is 22.0 Å². The average Bonchev–Trinajstić information content (AvgIpc) is 2.25. The molecule has 0 aromatic heterocycles. The van der Waals surface area contributed by atoms with Crippen LogP contribution in [0.3, 0.4) is 0 Å². The topological polar surface area (TPSA) is 0 Å². The van der Waals surface area contributed by atoms with Crippen molar-refractivity contribution in [1.29, 1.82) is 0 Å². The van der Waals surface area contributed by atoms with Gasteiger partial charge in [0.25, 0.3) is 0 Å². The van der Waals surface area contributed by atoms with Crippen molar-refractivity contribution >= 4 is 0 Å². The van der Waals surface area contributed by atoms with Crippen molar-refractivity contribution in [2.75, 3.05) is 0 Å². The van der Waals surface area contributed by atoms with Crippen LogP contribution < -0.4 is 0 Å². The van der Waals surface area contributed by atoms with Gasteiger partial charge < -0.3 is 0 Å². The van der Waals surface area contributed by atoms with E-state index in [-0.39, 0.29) is 12.0 Å². The Kier molecular flexibility index (Phi) is 4.11. The Morgan fingerprint density at radius 3 is 2.12 bits per heavy atom. The van der Waals surface area contributed by atoms with E-state index in [0.717, 1.165) is 12.5 Å². The Bertz CT molecular complexity index is 367. The molecule has 0 heterocycles. The van der Waals surface area contributed by atoms with Crippen molar-refractivity contribution in [3.05, 3.63) is 35.4 Å². The second kappa shape index (κ2) is 5.02. The Balaban J connectivity index is 3.12. The minimum atomic E-state index is -5.55. The number of aryl methyl sites for hydroxylation is 1. The van der Waals surface area contributed by atoms with Gasteiger partial charge in [-0.05, 0) is 18.4 Å². The number of unbranched alkanes of at least 4 members (excludes halogenated alkanes) is 1. The highest BCUT2D eigenvalue weighted by Crippen LogP contribution is 2.45. The Labute approximate surface area is 96.4 Å². The van der Waals surface area contributed by atoms with E-state index in [1.807, 2.05) is 6.92 Å². The summed E-state index contributed by atoms with van der Waals surface area (Å²) in [6, 6.07) is 4.84. The molecule has 0 atom stereocenters. The number of hydrogen-bond acceptors (Lipinski definition) is 0. The van der Waals surface area contributed by atoms with Crippen LogP contribution in [0.15, 0.2) is 24.3 Å². The fraction of sp³-hybridized carbons (Fsp3) is 0.500. The number of alkyl halides is 5. The summed E-state index contributed by atoms with van der Waals surface area (Å²) in [7, 11) is 0. The number of benzene rings is 1. The highest BCUT2D eigenvalue weighted by Gasteiger charge is 2.59. The number of halogens is 5. The Morgan fingerprint density at radius 1 is 1.00 bits per heavy atom. The third-order valence-electron chi connectivity index (χ3n) is 2.51. The molecule has 0 spiro atoms. The average molecular weight is 252 g/mol. The van der Waals surface area contributed by atoms with Gasteiger partial charge in [0.2, 0.25) is 0 Å². The summed E-state index contributed by atoms with van der Waals surface area (Å²) in [6.07, 6.45) is -3.98. The molecule has 0 amide bonds. The summed E-state index contributed by atoms with van der Waals surface area (Å²) in [5.41, 5.74) is -0.863. The van der Waals surface area contributed by atoms with Crippen molar-refractivity contribution in [2.45, 2.75) is 38.3 Å². The van der Waals surface area contributed by atoms with E-state index >= 15 is 0 Å². The molecule has 1 rings (SSSR count). The molecule has 0 aliphatic carbocycles. The lowest BCUT2D eigenvalue weighted by atomic mass is 9.97. The minimum Gasteiger partial charge on any atom is -0.191 e. The van der Waals surface area contributed by atoms with E-state index < -0.39 is 17.7 Å². The molecule has 0 nitrogen and oxygen atoms in total. The maximum absolute atomic E-state index is 13.2. The zero-order chi connectivity index (χ0) is 13.1. The number of rotatable bonds is 4. The summed E-state index contributed by atoms with van der Waals surface area (Å²) < 4.78 is 63.3. The van der Waals surface area contributed by atoms with Gasteiger partial charge >= 0.3 is 12.1 Å². The molecule has 0 fully saturated rings. The molecule has 0 bridgehead atoms. The molecule has 0 saturated carbocycles. The zero-order valence-electron chi connectivity index (χ0n) is 9.32. The number of hydrogen-bond donors (Lipinski definition) is 0. The predicted octanol–water partition coefficient (Wildman–Crippen LogP) is 4.68. The highest BCUT2D eigenvalue weighted by atomic mass is 19.4. The van der Waals surface area contributed by atoms with Gasteiger partial charge in [-0.3, -0.25) is 0 Å². The normalized spacial score (nSPS) is 12.8. The summed E-state index contributed by atoms with van der Waals surface area (Å²) in [5.74, 6) is -4.78. The van der Waals surface area contributed by atoms with E-state index in [9.17, 15) is 22.0 Å². The monoisotopic (exact) mass is 252 g/mol. The second-order valence-electron chi connectivity index (χ2n) is 3.83. The van der Waals surface area contributed by atoms with E-state index in [4.69, 9.17) is 0 Å². The van der Waals surface area contributed by atoms with Gasteiger partial charge in [-0.15, -0.1) is 0 Å². The molecule has 0 radical (unpaired) electrons. The first-order valence-electron chi connectivity index (χ1n) is 5.33. The van der Waals surface area contributed by atoms with Crippen molar-refractivity contribution in [3.63, 3.8) is 0 Å². The van der Waals surface area contributed by atoms with Gasteiger partial charge in [0.05, 0.1) is 0 Å². The van der Waals surface area contributed by atoms with Gasteiger partial charge in [0.15, 0.2) is 0 Å². The SMILES string of the molecule is CCCCc1ccccc1C(F)(F)C(F)(F)F. The minimum absolute atomic E-state index is 0.0664. The van der Waals surface area contributed by atoms with Gasteiger partial charge in [-0.25, -0.2) is 0 Å². The van der Waals surface area contributed by atoms with E-state index in [2.05, 4.69) is 0 Å². The third-order valence-corrected chi connectivity index (χ3v) is 2.51. The second-order valence-corrected chi connectivity index (χ2v) is 3.83. The van der Waals surface area contributed by atoms with Crippen LogP contribution in [-0.4, -0.2) is 6.18 Å². The van der Waals surface area contributed by atoms with Gasteiger partial charge in [0, 0.05) is 5.56 Å². The molecule has 0 unspecified atom stereocenters. The Morgan fingerprint density at radius 2 is 1.59 bits per heavy atom. The van der Waals surface area contributed by atoms with E-state index in [1.54, 1.807) is 0 Å². The molecule has 17 heavy (non-hydrogen) atoms. The fourth-order valence-electron chi connectivity index (χ4n) is 1.56. The Hall–Kier alpha value is -1.13. The predicted molar refractivity (Wildman–Crippen MR) is 55.0 cm³/mol. The molecule has 96 valence electrons. The molecule has 0 saturated heterocycles. The van der Waals surface area contributed by atoms with Gasteiger partial charge in [-0.1, -0.05) is 37.6 Å². The first-order chi connectivity index (χ1) is 7.80. The van der Waals surface area contributed by atoms with Crippen molar-refractivity contribution in [2.24, 2.45) is 0 Å². The largest absolute Gasteiger partial charge is 0.458 e. The molecular weight excluding hydrogens is 239 g/mol. The van der Waals surface area contributed by atoms with E-state index in [1.165, 1.54) is 18.2 Å². The highest BCUT2D eigenvalue weighted by molar-refractivity contribution is 5.32. The summed E-state index contributed by atoms with van der Waals surface area (Å²) in [5, 5.41) is 0. The van der Waals surface area contributed by atoms with Crippen LogP contribution in [0.2, 0.25) is 0 Å². The lowest BCUT2D eigenvalue weighted by Gasteiger charge is -2.22. The molecular formula is C12H13F5. The van der Waals surface area contributed by atoms with Gasteiger partial charge in [0.1, 0.15) is 0 Å². The zero-order valence-corrected chi connectivity index (χ0v) is 9.32.